The summed E-state index contributed by atoms with van der Waals surface area (Å²) >= 11 is 0. The summed E-state index contributed by atoms with van der Waals surface area (Å²) in [5.41, 5.74) is 0.677. The Morgan fingerprint density at radius 1 is 1.64 bits per heavy atom. The quantitative estimate of drug-likeness (QED) is 0.657. The molecule has 0 N–H and O–H groups in total. The number of nitrogens with zero attached hydrogens (tertiary/aromatic N) is 1. The van der Waals surface area contributed by atoms with E-state index in [1.54, 1.807) is 6.92 Å². The van der Waals surface area contributed by atoms with Crippen molar-refractivity contribution in [3.8, 4) is 0 Å². The molecule has 0 aromatic carbocycles. The first-order valence-electron chi connectivity index (χ1n) is 2.79. The standard InChI is InChI=1S/C5H7NO3S2/c1-4-3-9-5(6-4)10-11(2,7)8/h3H,1-2H3. The summed E-state index contributed by atoms with van der Waals surface area (Å²) in [6, 6.07) is 0. The summed E-state index contributed by atoms with van der Waals surface area (Å²) in [5, 5.41) is 0.171. The topological polar surface area (TPSA) is 60.2 Å². The van der Waals surface area contributed by atoms with Crippen molar-refractivity contribution in [2.75, 3.05) is 6.26 Å². The number of aromatic nitrogens is 1. The number of hydrogen-bond acceptors (Lipinski definition) is 5. The van der Waals surface area contributed by atoms with E-state index in [-0.39, 0.29) is 5.22 Å². The van der Waals surface area contributed by atoms with E-state index in [1.807, 2.05) is 0 Å². The average molecular weight is 193 g/mol. The Hall–Kier alpha value is -0.490. The van der Waals surface area contributed by atoms with Crippen LogP contribution in [0.4, 0.5) is 0 Å². The zero-order chi connectivity index (χ0) is 8.48. The van der Waals surface area contributed by atoms with E-state index in [0.29, 0.717) is 16.5 Å². The molecule has 1 aromatic heterocycles. The highest BCUT2D eigenvalue weighted by Gasteiger charge is 2.09. The van der Waals surface area contributed by atoms with Crippen molar-refractivity contribution in [1.82, 2.24) is 4.98 Å². The third-order valence-corrected chi connectivity index (χ3v) is 2.79. The molecule has 6 heteroatoms. The van der Waals surface area contributed by atoms with Crippen LogP contribution in [0.1, 0.15) is 5.69 Å². The molecule has 0 saturated heterocycles. The van der Waals surface area contributed by atoms with Crippen LogP contribution in [0.25, 0.3) is 0 Å². The Balaban J connectivity index is 2.81. The number of rotatable bonds is 2. The minimum atomic E-state index is -3.10. The van der Waals surface area contributed by atoms with E-state index in [9.17, 15) is 8.42 Å². The van der Waals surface area contributed by atoms with Gasteiger partial charge in [0.05, 0.1) is 16.5 Å². The highest BCUT2D eigenvalue weighted by atomic mass is 33.1. The molecule has 0 saturated carbocycles. The molecule has 1 aromatic rings. The maximum absolute atomic E-state index is 10.7. The van der Waals surface area contributed by atoms with Gasteiger partial charge in [0, 0.05) is 6.26 Å². The fraction of sp³-hybridized carbons (Fsp3) is 0.400. The first kappa shape index (κ1) is 8.61. The summed E-state index contributed by atoms with van der Waals surface area (Å²) in [7, 11) is -2.49. The van der Waals surface area contributed by atoms with Crippen LogP contribution in [0.5, 0.6) is 0 Å². The Labute approximate surface area is 68.3 Å². The largest absolute Gasteiger partial charge is 0.439 e. The molecule has 0 bridgehead atoms. The lowest BCUT2D eigenvalue weighted by molar-refractivity contribution is 0.455. The van der Waals surface area contributed by atoms with Crippen LogP contribution in [-0.2, 0) is 8.87 Å². The second-order valence-electron chi connectivity index (χ2n) is 2.04. The van der Waals surface area contributed by atoms with Crippen molar-refractivity contribution in [2.24, 2.45) is 0 Å². The zero-order valence-electron chi connectivity index (χ0n) is 6.07. The molecule has 4 nitrogen and oxygen atoms in total. The monoisotopic (exact) mass is 193 g/mol. The van der Waals surface area contributed by atoms with E-state index < -0.39 is 8.87 Å². The van der Waals surface area contributed by atoms with Crippen LogP contribution in [0.3, 0.4) is 0 Å². The van der Waals surface area contributed by atoms with E-state index in [2.05, 4.69) is 4.98 Å². The van der Waals surface area contributed by atoms with Crippen LogP contribution in [0.15, 0.2) is 15.9 Å². The van der Waals surface area contributed by atoms with Gasteiger partial charge in [0.2, 0.25) is 8.87 Å². The maximum Gasteiger partial charge on any atom is 0.271 e. The third-order valence-electron chi connectivity index (χ3n) is 0.821. The number of hydrogen-bond donors (Lipinski definition) is 0. The minimum Gasteiger partial charge on any atom is -0.439 e. The van der Waals surface area contributed by atoms with Crippen LogP contribution < -0.4 is 0 Å². The Morgan fingerprint density at radius 2 is 2.27 bits per heavy atom. The molecule has 0 atom stereocenters. The molecule has 0 aliphatic carbocycles. The molecule has 0 aliphatic rings. The Kier molecular flexibility index (Phi) is 2.24. The van der Waals surface area contributed by atoms with Crippen molar-refractivity contribution < 1.29 is 12.8 Å². The fourth-order valence-electron chi connectivity index (χ4n) is 0.500. The summed E-state index contributed by atoms with van der Waals surface area (Å²) in [6.07, 6.45) is 2.52. The summed E-state index contributed by atoms with van der Waals surface area (Å²) < 4.78 is 26.2. The molecule has 0 aliphatic heterocycles. The van der Waals surface area contributed by atoms with Gasteiger partial charge < -0.3 is 4.42 Å². The van der Waals surface area contributed by atoms with E-state index in [1.165, 1.54) is 6.26 Å². The molecular formula is C5H7NO3S2. The summed E-state index contributed by atoms with van der Waals surface area (Å²) in [5.74, 6) is 0. The normalized spacial score (nSPS) is 11.8. The highest BCUT2D eigenvalue weighted by Crippen LogP contribution is 2.21. The molecule has 1 heterocycles. The average Bonchev–Trinajstić information content (AvgIpc) is 2.10. The van der Waals surface area contributed by atoms with Crippen molar-refractivity contribution in [3.63, 3.8) is 0 Å². The van der Waals surface area contributed by atoms with Crippen molar-refractivity contribution in [2.45, 2.75) is 12.1 Å². The molecule has 0 unspecified atom stereocenters. The first-order chi connectivity index (χ1) is 4.97. The third kappa shape index (κ3) is 2.94. The lowest BCUT2D eigenvalue weighted by Crippen LogP contribution is -1.87. The van der Waals surface area contributed by atoms with Crippen LogP contribution in [0, 0.1) is 6.92 Å². The Morgan fingerprint density at radius 3 is 2.64 bits per heavy atom. The lowest BCUT2D eigenvalue weighted by atomic mass is 10.6. The minimum absolute atomic E-state index is 0.171. The van der Waals surface area contributed by atoms with Gasteiger partial charge in [-0.2, -0.15) is 0 Å². The zero-order valence-corrected chi connectivity index (χ0v) is 7.70. The first-order valence-corrected chi connectivity index (χ1v) is 6.01. The molecule has 62 valence electrons. The SMILES string of the molecule is Cc1coc(SS(C)(=O)=O)n1. The van der Waals surface area contributed by atoms with Gasteiger partial charge in [-0.15, -0.1) is 0 Å². The molecular weight excluding hydrogens is 186 g/mol. The summed E-state index contributed by atoms with van der Waals surface area (Å²) in [4.78, 5) is 3.81. The number of oxazole rings is 1. The van der Waals surface area contributed by atoms with Gasteiger partial charge in [-0.1, -0.05) is 0 Å². The number of aryl methyl sites for hydroxylation is 1. The molecule has 0 spiro atoms. The van der Waals surface area contributed by atoms with E-state index >= 15 is 0 Å². The fourth-order valence-corrected chi connectivity index (χ4v) is 2.03. The molecule has 0 amide bonds. The van der Waals surface area contributed by atoms with E-state index in [4.69, 9.17) is 4.42 Å². The summed E-state index contributed by atoms with van der Waals surface area (Å²) in [6.45, 7) is 1.73. The molecule has 0 radical (unpaired) electrons. The van der Waals surface area contributed by atoms with Crippen LogP contribution >= 0.6 is 10.8 Å². The van der Waals surface area contributed by atoms with E-state index in [0.717, 1.165) is 6.26 Å². The predicted octanol–water partition coefficient (Wildman–Crippen LogP) is 1.03. The van der Waals surface area contributed by atoms with Crippen molar-refractivity contribution in [3.05, 3.63) is 12.0 Å². The van der Waals surface area contributed by atoms with Gasteiger partial charge in [0.15, 0.2) is 0 Å². The van der Waals surface area contributed by atoms with Crippen molar-refractivity contribution in [1.29, 1.82) is 0 Å². The van der Waals surface area contributed by atoms with Gasteiger partial charge in [0.25, 0.3) is 5.22 Å². The second kappa shape index (κ2) is 2.86. The molecule has 1 rings (SSSR count). The second-order valence-corrected chi connectivity index (χ2v) is 6.28. The van der Waals surface area contributed by atoms with Gasteiger partial charge in [0.1, 0.15) is 6.26 Å². The van der Waals surface area contributed by atoms with Crippen molar-refractivity contribution >= 4 is 19.7 Å². The maximum atomic E-state index is 10.7. The van der Waals surface area contributed by atoms with Crippen LogP contribution in [0.2, 0.25) is 0 Å². The molecule has 11 heavy (non-hydrogen) atoms. The van der Waals surface area contributed by atoms with Gasteiger partial charge in [-0.05, 0) is 6.92 Å². The molecule has 0 fully saturated rings. The highest BCUT2D eigenvalue weighted by molar-refractivity contribution is 8.71. The lowest BCUT2D eigenvalue weighted by Gasteiger charge is -1.88. The van der Waals surface area contributed by atoms with Crippen LogP contribution in [-0.4, -0.2) is 19.7 Å². The van der Waals surface area contributed by atoms with Gasteiger partial charge >= 0.3 is 0 Å². The predicted molar refractivity (Wildman–Crippen MR) is 41.9 cm³/mol. The Bertz CT molecular complexity index is 340. The van der Waals surface area contributed by atoms with Gasteiger partial charge in [-0.25, -0.2) is 13.4 Å². The smallest absolute Gasteiger partial charge is 0.271 e. The van der Waals surface area contributed by atoms with Gasteiger partial charge in [-0.3, -0.25) is 0 Å².